The van der Waals surface area contributed by atoms with E-state index in [9.17, 15) is 0 Å². The van der Waals surface area contributed by atoms with Gasteiger partial charge in [-0.05, 0) is 6.92 Å². The number of hydrogen-bond donors (Lipinski definition) is 1. The summed E-state index contributed by atoms with van der Waals surface area (Å²) in [4.78, 5) is 3.53. The van der Waals surface area contributed by atoms with Crippen LogP contribution in [-0.4, -0.2) is 17.3 Å². The molecule has 1 atom stereocenters. The predicted octanol–water partition coefficient (Wildman–Crippen LogP) is 0.147. The second-order valence-corrected chi connectivity index (χ2v) is 1.24. The minimum absolute atomic E-state index is 0.535. The van der Waals surface area contributed by atoms with Crippen LogP contribution >= 0.6 is 0 Å². The van der Waals surface area contributed by atoms with Crippen molar-refractivity contribution in [2.24, 2.45) is 15.2 Å². The third-order valence-electron chi connectivity index (χ3n) is 0.608. The minimum Gasteiger partial charge on any atom is -0.353 e. The first kappa shape index (κ1) is 4.39. The van der Waals surface area contributed by atoms with E-state index in [2.05, 4.69) is 15.2 Å². The standard InChI is InChI=1S/C3H5N3O/c1-2-4-3(7)6-5-2/h3,7H,1H3. The van der Waals surface area contributed by atoms with E-state index < -0.39 is 6.35 Å². The molecule has 1 aliphatic heterocycles. The van der Waals surface area contributed by atoms with E-state index in [4.69, 9.17) is 5.11 Å². The zero-order valence-corrected chi connectivity index (χ0v) is 3.87. The first-order chi connectivity index (χ1) is 3.29. The lowest BCUT2D eigenvalue weighted by atomic mass is 10.7. The topological polar surface area (TPSA) is 57.3 Å². The summed E-state index contributed by atoms with van der Waals surface area (Å²) >= 11 is 0. The van der Waals surface area contributed by atoms with E-state index in [-0.39, 0.29) is 0 Å². The number of aliphatic hydroxyl groups excluding tert-OH is 1. The number of nitrogens with zero attached hydrogens (tertiary/aromatic N) is 3. The average Bonchev–Trinajstić information content (AvgIpc) is 1.87. The quantitative estimate of drug-likeness (QED) is 0.461. The molecule has 0 aromatic rings. The van der Waals surface area contributed by atoms with E-state index in [1.54, 1.807) is 6.92 Å². The van der Waals surface area contributed by atoms with Crippen molar-refractivity contribution < 1.29 is 5.11 Å². The highest BCUT2D eigenvalue weighted by Gasteiger charge is 2.03. The number of hydrogen-bond acceptors (Lipinski definition) is 4. The predicted molar refractivity (Wildman–Crippen MR) is 24.0 cm³/mol. The molecule has 0 bridgehead atoms. The smallest absolute Gasteiger partial charge is 0.264 e. The molecule has 0 aliphatic carbocycles. The van der Waals surface area contributed by atoms with Gasteiger partial charge in [0.05, 0.1) is 0 Å². The van der Waals surface area contributed by atoms with Crippen molar-refractivity contribution in [3.63, 3.8) is 0 Å². The van der Waals surface area contributed by atoms with Crippen molar-refractivity contribution in [2.45, 2.75) is 13.3 Å². The van der Waals surface area contributed by atoms with Crippen LogP contribution in [0.1, 0.15) is 6.92 Å². The summed E-state index contributed by atoms with van der Waals surface area (Å²) in [5, 5.41) is 15.2. The Morgan fingerprint density at radius 1 is 1.71 bits per heavy atom. The van der Waals surface area contributed by atoms with E-state index in [0.717, 1.165) is 0 Å². The van der Waals surface area contributed by atoms with Crippen molar-refractivity contribution in [1.29, 1.82) is 0 Å². The molecule has 0 aromatic heterocycles. The van der Waals surface area contributed by atoms with Gasteiger partial charge in [-0.3, -0.25) is 0 Å². The maximum absolute atomic E-state index is 8.45. The highest BCUT2D eigenvalue weighted by atomic mass is 16.3. The van der Waals surface area contributed by atoms with Crippen molar-refractivity contribution in [3.8, 4) is 0 Å². The molecule has 1 heterocycles. The van der Waals surface area contributed by atoms with Crippen molar-refractivity contribution in [2.75, 3.05) is 0 Å². The fourth-order valence-electron chi connectivity index (χ4n) is 0.354. The number of aliphatic hydroxyl groups is 1. The molecule has 4 heteroatoms. The fourth-order valence-corrected chi connectivity index (χ4v) is 0.354. The van der Waals surface area contributed by atoms with Crippen LogP contribution in [0.2, 0.25) is 0 Å². The third kappa shape index (κ3) is 0.806. The van der Waals surface area contributed by atoms with Gasteiger partial charge in [0, 0.05) is 0 Å². The van der Waals surface area contributed by atoms with Gasteiger partial charge in [-0.1, -0.05) is 0 Å². The zero-order chi connectivity index (χ0) is 5.28. The van der Waals surface area contributed by atoms with Gasteiger partial charge in [0.2, 0.25) is 0 Å². The molecule has 0 aromatic carbocycles. The van der Waals surface area contributed by atoms with Crippen molar-refractivity contribution >= 4 is 5.84 Å². The summed E-state index contributed by atoms with van der Waals surface area (Å²) < 4.78 is 0. The highest BCUT2D eigenvalue weighted by molar-refractivity contribution is 5.80. The summed E-state index contributed by atoms with van der Waals surface area (Å²) in [7, 11) is 0. The van der Waals surface area contributed by atoms with Crippen LogP contribution in [-0.2, 0) is 0 Å². The van der Waals surface area contributed by atoms with E-state index >= 15 is 0 Å². The molecule has 7 heavy (non-hydrogen) atoms. The molecular formula is C3H5N3O. The molecule has 1 unspecified atom stereocenters. The third-order valence-corrected chi connectivity index (χ3v) is 0.608. The van der Waals surface area contributed by atoms with Crippen LogP contribution in [0.5, 0.6) is 0 Å². The SMILES string of the molecule is CC1=NC(O)N=N1. The molecule has 0 amide bonds. The lowest BCUT2D eigenvalue weighted by molar-refractivity contribution is 0.194. The first-order valence-electron chi connectivity index (χ1n) is 1.92. The first-order valence-corrected chi connectivity index (χ1v) is 1.92. The second kappa shape index (κ2) is 1.38. The Labute approximate surface area is 40.6 Å². The molecule has 1 N–H and O–H groups in total. The average molecular weight is 99.1 g/mol. The molecule has 0 fully saturated rings. The summed E-state index contributed by atoms with van der Waals surface area (Å²) in [5.41, 5.74) is 0. The Kier molecular flexibility index (Phi) is 0.867. The summed E-state index contributed by atoms with van der Waals surface area (Å²) in [6.45, 7) is 1.68. The Morgan fingerprint density at radius 2 is 2.43 bits per heavy atom. The molecule has 0 radical (unpaired) electrons. The Morgan fingerprint density at radius 3 is 2.57 bits per heavy atom. The van der Waals surface area contributed by atoms with Crippen LogP contribution in [0.25, 0.3) is 0 Å². The Hall–Kier alpha value is -0.770. The number of amidine groups is 1. The van der Waals surface area contributed by atoms with Crippen LogP contribution in [0.15, 0.2) is 15.2 Å². The van der Waals surface area contributed by atoms with Gasteiger partial charge in [-0.2, -0.15) is 0 Å². The molecular weight excluding hydrogens is 94.1 g/mol. The molecule has 0 spiro atoms. The van der Waals surface area contributed by atoms with Gasteiger partial charge < -0.3 is 5.11 Å². The van der Waals surface area contributed by atoms with E-state index in [1.165, 1.54) is 0 Å². The second-order valence-electron chi connectivity index (χ2n) is 1.24. The van der Waals surface area contributed by atoms with Gasteiger partial charge in [0.1, 0.15) is 5.84 Å². The number of azo groups is 1. The normalized spacial score (nSPS) is 28.3. The van der Waals surface area contributed by atoms with Gasteiger partial charge in [-0.15, -0.1) is 10.2 Å². The Balaban J connectivity index is 2.69. The lowest BCUT2D eigenvalue weighted by Gasteiger charge is -1.81. The highest BCUT2D eigenvalue weighted by Crippen LogP contribution is 1.99. The number of aliphatic imine (C=N–C) groups is 1. The summed E-state index contributed by atoms with van der Waals surface area (Å²) in [6, 6.07) is 0. The summed E-state index contributed by atoms with van der Waals surface area (Å²) in [6.07, 6.45) is -0.931. The maximum Gasteiger partial charge on any atom is 0.264 e. The van der Waals surface area contributed by atoms with Crippen LogP contribution < -0.4 is 0 Å². The molecule has 0 saturated carbocycles. The van der Waals surface area contributed by atoms with Gasteiger partial charge in [0.15, 0.2) is 0 Å². The largest absolute Gasteiger partial charge is 0.353 e. The monoisotopic (exact) mass is 99.0 g/mol. The van der Waals surface area contributed by atoms with E-state index in [1.807, 2.05) is 0 Å². The van der Waals surface area contributed by atoms with Gasteiger partial charge in [-0.25, -0.2) is 4.99 Å². The van der Waals surface area contributed by atoms with Gasteiger partial charge in [0.25, 0.3) is 6.35 Å². The van der Waals surface area contributed by atoms with E-state index in [0.29, 0.717) is 5.84 Å². The Bertz CT molecular complexity index is 128. The molecule has 0 saturated heterocycles. The molecule has 38 valence electrons. The lowest BCUT2D eigenvalue weighted by Crippen LogP contribution is -1.91. The number of rotatable bonds is 0. The van der Waals surface area contributed by atoms with Crippen LogP contribution in [0.4, 0.5) is 0 Å². The maximum atomic E-state index is 8.45. The van der Waals surface area contributed by atoms with Crippen LogP contribution in [0, 0.1) is 0 Å². The molecule has 1 rings (SSSR count). The zero-order valence-electron chi connectivity index (χ0n) is 3.87. The van der Waals surface area contributed by atoms with Crippen molar-refractivity contribution in [3.05, 3.63) is 0 Å². The summed E-state index contributed by atoms with van der Waals surface area (Å²) in [5.74, 6) is 0.535. The minimum atomic E-state index is -0.931. The van der Waals surface area contributed by atoms with Gasteiger partial charge >= 0.3 is 0 Å². The fraction of sp³-hybridized carbons (Fsp3) is 0.667. The molecule has 1 aliphatic rings. The van der Waals surface area contributed by atoms with Crippen molar-refractivity contribution in [1.82, 2.24) is 0 Å². The molecule has 4 nitrogen and oxygen atoms in total. The van der Waals surface area contributed by atoms with Crippen LogP contribution in [0.3, 0.4) is 0 Å².